The molecule has 3 aromatic rings. The molecule has 0 saturated carbocycles. The van der Waals surface area contributed by atoms with E-state index in [0.29, 0.717) is 12.1 Å². The van der Waals surface area contributed by atoms with Crippen LogP contribution in [0.1, 0.15) is 23.0 Å². The van der Waals surface area contributed by atoms with Crippen LogP contribution in [0.25, 0.3) is 11.3 Å². The first-order valence-electron chi connectivity index (χ1n) is 7.70. The number of rotatable bonds is 5. The second-order valence-electron chi connectivity index (χ2n) is 5.48. The van der Waals surface area contributed by atoms with E-state index in [4.69, 9.17) is 0 Å². The molecule has 0 aliphatic rings. The van der Waals surface area contributed by atoms with E-state index < -0.39 is 0 Å². The summed E-state index contributed by atoms with van der Waals surface area (Å²) in [5.74, 6) is -0.308. The van der Waals surface area contributed by atoms with Crippen molar-refractivity contribution in [2.24, 2.45) is 5.10 Å². The van der Waals surface area contributed by atoms with Gasteiger partial charge in [0, 0.05) is 17.7 Å². The summed E-state index contributed by atoms with van der Waals surface area (Å²) in [6.07, 6.45) is 0.694. The van der Waals surface area contributed by atoms with E-state index in [1.807, 2.05) is 67.6 Å². The van der Waals surface area contributed by atoms with Gasteiger partial charge in [-0.05, 0) is 18.6 Å². The van der Waals surface area contributed by atoms with Crippen molar-refractivity contribution in [2.45, 2.75) is 13.3 Å². The second-order valence-corrected chi connectivity index (χ2v) is 5.48. The Balaban J connectivity index is 1.63. The molecule has 0 unspecified atom stereocenters. The number of aromatic amines is 1. The molecule has 1 amide bonds. The number of benzene rings is 2. The highest BCUT2D eigenvalue weighted by Crippen LogP contribution is 2.16. The molecule has 5 heteroatoms. The second kappa shape index (κ2) is 7.37. The van der Waals surface area contributed by atoms with Crippen LogP contribution in [-0.2, 0) is 6.42 Å². The van der Waals surface area contributed by atoms with Crippen LogP contribution >= 0.6 is 0 Å². The number of carbonyl (C=O) groups is 1. The molecule has 0 bridgehead atoms. The quantitative estimate of drug-likeness (QED) is 0.559. The van der Waals surface area contributed by atoms with Crippen molar-refractivity contribution in [2.75, 3.05) is 0 Å². The molecule has 5 nitrogen and oxygen atoms in total. The van der Waals surface area contributed by atoms with Crippen LogP contribution in [0.2, 0.25) is 0 Å². The lowest BCUT2D eigenvalue weighted by atomic mass is 10.1. The topological polar surface area (TPSA) is 70.1 Å². The maximum Gasteiger partial charge on any atom is 0.289 e. The summed E-state index contributed by atoms with van der Waals surface area (Å²) in [6, 6.07) is 21.4. The van der Waals surface area contributed by atoms with Crippen LogP contribution < -0.4 is 5.43 Å². The normalized spacial score (nSPS) is 11.3. The van der Waals surface area contributed by atoms with Gasteiger partial charge < -0.3 is 0 Å². The summed E-state index contributed by atoms with van der Waals surface area (Å²) in [7, 11) is 0. The van der Waals surface area contributed by atoms with Crippen molar-refractivity contribution in [1.82, 2.24) is 15.6 Å². The van der Waals surface area contributed by atoms with Gasteiger partial charge in [0.15, 0.2) is 0 Å². The molecule has 0 radical (unpaired) electrons. The summed E-state index contributed by atoms with van der Waals surface area (Å²) in [6.45, 7) is 1.88. The smallest absolute Gasteiger partial charge is 0.272 e. The molecule has 0 aliphatic carbocycles. The van der Waals surface area contributed by atoms with Gasteiger partial charge in [-0.1, -0.05) is 60.7 Å². The van der Waals surface area contributed by atoms with Gasteiger partial charge in [-0.15, -0.1) is 0 Å². The molecular weight excluding hydrogens is 300 g/mol. The Morgan fingerprint density at radius 1 is 1.08 bits per heavy atom. The summed E-state index contributed by atoms with van der Waals surface area (Å²) in [5, 5.41) is 11.1. The number of nitrogens with one attached hydrogen (secondary N) is 2. The molecule has 3 rings (SSSR count). The van der Waals surface area contributed by atoms with E-state index in [1.165, 1.54) is 0 Å². The van der Waals surface area contributed by atoms with Gasteiger partial charge in [0.25, 0.3) is 5.91 Å². The molecule has 1 aromatic heterocycles. The van der Waals surface area contributed by atoms with E-state index in [-0.39, 0.29) is 5.91 Å². The molecule has 0 aliphatic heterocycles. The Morgan fingerprint density at radius 3 is 2.46 bits per heavy atom. The number of hydrogen-bond donors (Lipinski definition) is 2. The number of carbonyl (C=O) groups excluding carboxylic acids is 1. The summed E-state index contributed by atoms with van der Waals surface area (Å²) >= 11 is 0. The molecular formula is C19H18N4O. The third-order valence-corrected chi connectivity index (χ3v) is 3.54. The fourth-order valence-corrected chi connectivity index (χ4v) is 2.33. The Kier molecular flexibility index (Phi) is 4.81. The van der Waals surface area contributed by atoms with Crippen LogP contribution in [0, 0.1) is 0 Å². The molecule has 2 aromatic carbocycles. The van der Waals surface area contributed by atoms with Gasteiger partial charge in [-0.25, -0.2) is 5.43 Å². The number of H-pyrrole nitrogens is 1. The van der Waals surface area contributed by atoms with Crippen molar-refractivity contribution in [3.8, 4) is 11.3 Å². The Hall–Kier alpha value is -3.21. The van der Waals surface area contributed by atoms with Crippen molar-refractivity contribution in [3.05, 3.63) is 78.0 Å². The monoisotopic (exact) mass is 318 g/mol. The van der Waals surface area contributed by atoms with Gasteiger partial charge in [-0.2, -0.15) is 10.2 Å². The SMILES string of the molecule is C/C(Cc1ccccc1)=N/NC(=O)c1cc(-c2ccccc2)n[nH]1. The molecule has 0 saturated heterocycles. The van der Waals surface area contributed by atoms with Crippen molar-refractivity contribution in [1.29, 1.82) is 0 Å². The fourth-order valence-electron chi connectivity index (χ4n) is 2.33. The van der Waals surface area contributed by atoms with E-state index in [2.05, 4.69) is 20.7 Å². The number of amides is 1. The van der Waals surface area contributed by atoms with Crippen molar-refractivity contribution < 1.29 is 4.79 Å². The minimum absolute atomic E-state index is 0.308. The Morgan fingerprint density at radius 2 is 1.75 bits per heavy atom. The minimum atomic E-state index is -0.308. The van der Waals surface area contributed by atoms with Crippen molar-refractivity contribution >= 4 is 11.6 Å². The fraction of sp³-hybridized carbons (Fsp3) is 0.105. The lowest BCUT2D eigenvalue weighted by Gasteiger charge is -2.02. The average molecular weight is 318 g/mol. The van der Waals surface area contributed by atoms with Gasteiger partial charge in [0.1, 0.15) is 5.69 Å². The zero-order chi connectivity index (χ0) is 16.8. The van der Waals surface area contributed by atoms with Gasteiger partial charge >= 0.3 is 0 Å². The van der Waals surface area contributed by atoms with Crippen molar-refractivity contribution in [3.63, 3.8) is 0 Å². The highest BCUT2D eigenvalue weighted by molar-refractivity contribution is 5.94. The summed E-state index contributed by atoms with van der Waals surface area (Å²) in [5.41, 5.74) is 6.61. The minimum Gasteiger partial charge on any atom is -0.272 e. The lowest BCUT2D eigenvalue weighted by Crippen LogP contribution is -2.20. The predicted octanol–water partition coefficient (Wildman–Crippen LogP) is 3.43. The number of nitrogens with zero attached hydrogens (tertiary/aromatic N) is 2. The first-order valence-corrected chi connectivity index (χ1v) is 7.70. The Bertz CT molecular complexity index is 838. The van der Waals surface area contributed by atoms with Crippen LogP contribution in [0.3, 0.4) is 0 Å². The van der Waals surface area contributed by atoms with Gasteiger partial charge in [-0.3, -0.25) is 9.89 Å². The van der Waals surface area contributed by atoms with Gasteiger partial charge in [0.05, 0.1) is 5.69 Å². The molecule has 0 spiro atoms. The zero-order valence-corrected chi connectivity index (χ0v) is 13.4. The van der Waals surface area contributed by atoms with Crippen LogP contribution in [0.15, 0.2) is 71.8 Å². The standard InChI is InChI=1S/C19H18N4O/c1-14(12-15-8-4-2-5-9-15)20-23-19(24)18-13-17(21-22-18)16-10-6-3-7-11-16/h2-11,13H,12H2,1H3,(H,21,22)(H,23,24)/b20-14-. The third-order valence-electron chi connectivity index (χ3n) is 3.54. The van der Waals surface area contributed by atoms with E-state index >= 15 is 0 Å². The van der Waals surface area contributed by atoms with Crippen LogP contribution in [0.4, 0.5) is 0 Å². The number of hydrogen-bond acceptors (Lipinski definition) is 3. The van der Waals surface area contributed by atoms with Crippen LogP contribution in [0.5, 0.6) is 0 Å². The number of aromatic nitrogens is 2. The van der Waals surface area contributed by atoms with Crippen LogP contribution in [-0.4, -0.2) is 21.8 Å². The van der Waals surface area contributed by atoms with E-state index in [1.54, 1.807) is 6.07 Å². The van der Waals surface area contributed by atoms with E-state index in [0.717, 1.165) is 22.5 Å². The lowest BCUT2D eigenvalue weighted by molar-refractivity contribution is 0.0949. The molecule has 120 valence electrons. The first-order chi connectivity index (χ1) is 11.7. The Labute approximate surface area is 140 Å². The summed E-state index contributed by atoms with van der Waals surface area (Å²) in [4.78, 5) is 12.2. The molecule has 1 heterocycles. The van der Waals surface area contributed by atoms with E-state index in [9.17, 15) is 4.79 Å². The maximum atomic E-state index is 12.2. The highest BCUT2D eigenvalue weighted by atomic mass is 16.2. The molecule has 0 atom stereocenters. The first kappa shape index (κ1) is 15.7. The molecule has 24 heavy (non-hydrogen) atoms. The molecule has 0 fully saturated rings. The predicted molar refractivity (Wildman–Crippen MR) is 94.7 cm³/mol. The maximum absolute atomic E-state index is 12.2. The number of hydrazone groups is 1. The van der Waals surface area contributed by atoms with Gasteiger partial charge in [0.2, 0.25) is 0 Å². The highest BCUT2D eigenvalue weighted by Gasteiger charge is 2.10. The summed E-state index contributed by atoms with van der Waals surface area (Å²) < 4.78 is 0. The third kappa shape index (κ3) is 3.95. The zero-order valence-electron chi connectivity index (χ0n) is 13.4. The average Bonchev–Trinajstić information content (AvgIpc) is 3.11. The molecule has 2 N–H and O–H groups in total. The largest absolute Gasteiger partial charge is 0.289 e.